The molecule has 0 bridgehead atoms. The fourth-order valence-corrected chi connectivity index (χ4v) is 4.42. The zero-order valence-corrected chi connectivity index (χ0v) is 15.5. The lowest BCUT2D eigenvalue weighted by Gasteiger charge is -2.33. The average molecular weight is 384 g/mol. The number of carbonyl (C=O) groups is 2. The highest BCUT2D eigenvalue weighted by atomic mass is 35.5. The molecular formula is C20H16ClN2O2S. The van der Waals surface area contributed by atoms with Crippen molar-refractivity contribution in [2.75, 3.05) is 13.1 Å². The van der Waals surface area contributed by atoms with Gasteiger partial charge in [0.15, 0.2) is 0 Å². The number of halogens is 1. The molecule has 4 rings (SSSR count). The highest BCUT2D eigenvalue weighted by molar-refractivity contribution is 7.19. The maximum absolute atomic E-state index is 12.5. The Balaban J connectivity index is 1.45. The first kappa shape index (κ1) is 17.1. The first-order valence-electron chi connectivity index (χ1n) is 8.27. The fraction of sp³-hybridized carbons (Fsp3) is 0.200. The Morgan fingerprint density at radius 2 is 1.65 bits per heavy atom. The van der Waals surface area contributed by atoms with Crippen molar-refractivity contribution in [2.24, 2.45) is 0 Å². The van der Waals surface area contributed by atoms with Crippen molar-refractivity contribution < 1.29 is 9.59 Å². The molecule has 3 aromatic rings. The van der Waals surface area contributed by atoms with E-state index < -0.39 is 0 Å². The third kappa shape index (κ3) is 3.59. The van der Waals surface area contributed by atoms with Crippen LogP contribution >= 0.6 is 22.9 Å². The van der Waals surface area contributed by atoms with Crippen molar-refractivity contribution in [2.45, 2.75) is 13.1 Å². The van der Waals surface area contributed by atoms with Gasteiger partial charge in [-0.1, -0.05) is 41.9 Å². The van der Waals surface area contributed by atoms with E-state index in [9.17, 15) is 9.59 Å². The SMILES string of the molecule is O=C1CN(Cc2cc3ccc(Cl)cc3s2)C(=O)CN1Cc1cc[c]cc1. The average Bonchev–Trinajstić information content (AvgIpc) is 3.01. The van der Waals surface area contributed by atoms with Gasteiger partial charge < -0.3 is 9.80 Å². The number of thiophene rings is 1. The number of amides is 2. The molecule has 1 fully saturated rings. The van der Waals surface area contributed by atoms with E-state index >= 15 is 0 Å². The summed E-state index contributed by atoms with van der Waals surface area (Å²) >= 11 is 7.64. The summed E-state index contributed by atoms with van der Waals surface area (Å²) in [6.45, 7) is 1.14. The third-order valence-electron chi connectivity index (χ3n) is 4.40. The molecule has 0 atom stereocenters. The van der Waals surface area contributed by atoms with Crippen molar-refractivity contribution >= 4 is 44.8 Å². The summed E-state index contributed by atoms with van der Waals surface area (Å²) < 4.78 is 1.09. The van der Waals surface area contributed by atoms with E-state index in [0.29, 0.717) is 18.1 Å². The van der Waals surface area contributed by atoms with Crippen LogP contribution in [0.5, 0.6) is 0 Å². The molecule has 2 aromatic carbocycles. The molecular weight excluding hydrogens is 368 g/mol. The Labute approximate surface area is 160 Å². The molecule has 0 spiro atoms. The molecule has 1 radical (unpaired) electrons. The lowest BCUT2D eigenvalue weighted by Crippen LogP contribution is -2.52. The largest absolute Gasteiger partial charge is 0.328 e. The van der Waals surface area contributed by atoms with Gasteiger partial charge in [0, 0.05) is 21.1 Å². The van der Waals surface area contributed by atoms with Crippen LogP contribution in [0.3, 0.4) is 0 Å². The summed E-state index contributed by atoms with van der Waals surface area (Å²) in [7, 11) is 0. The molecule has 1 aromatic heterocycles. The molecule has 0 N–H and O–H groups in total. The van der Waals surface area contributed by atoms with Crippen LogP contribution in [0.1, 0.15) is 10.4 Å². The number of rotatable bonds is 4. The van der Waals surface area contributed by atoms with E-state index in [1.807, 2.05) is 42.5 Å². The lowest BCUT2D eigenvalue weighted by molar-refractivity contribution is -0.151. The summed E-state index contributed by atoms with van der Waals surface area (Å²) in [6.07, 6.45) is 0. The van der Waals surface area contributed by atoms with E-state index in [2.05, 4.69) is 12.1 Å². The number of piperazine rings is 1. The minimum Gasteiger partial charge on any atom is -0.328 e. The van der Waals surface area contributed by atoms with Crippen LogP contribution in [-0.2, 0) is 22.7 Å². The summed E-state index contributed by atoms with van der Waals surface area (Å²) in [5, 5.41) is 1.80. The quantitative estimate of drug-likeness (QED) is 0.688. The minimum absolute atomic E-state index is 0.0254. The lowest BCUT2D eigenvalue weighted by atomic mass is 10.2. The first-order valence-corrected chi connectivity index (χ1v) is 9.46. The normalized spacial score (nSPS) is 15.1. The molecule has 0 saturated carbocycles. The van der Waals surface area contributed by atoms with Gasteiger partial charge in [0.1, 0.15) is 13.1 Å². The minimum atomic E-state index is -0.0263. The standard InChI is InChI=1S/C20H16ClN2O2S/c21-16-7-6-15-8-17(26-18(15)9-16)11-23-13-19(24)22(12-20(23)25)10-14-4-2-1-3-5-14/h2-9H,10-13H2. The molecule has 1 aliphatic heterocycles. The Kier molecular flexibility index (Phi) is 4.66. The van der Waals surface area contributed by atoms with E-state index in [-0.39, 0.29) is 24.9 Å². The number of carbonyl (C=O) groups excluding carboxylic acids is 2. The van der Waals surface area contributed by atoms with Crippen molar-refractivity contribution in [3.05, 3.63) is 70.1 Å². The van der Waals surface area contributed by atoms with Crippen LogP contribution in [0.4, 0.5) is 0 Å². The molecule has 131 valence electrons. The van der Waals surface area contributed by atoms with E-state index in [4.69, 9.17) is 11.6 Å². The molecule has 0 aliphatic carbocycles. The fourth-order valence-electron chi connectivity index (χ4n) is 3.06. The highest BCUT2D eigenvalue weighted by Crippen LogP contribution is 2.29. The number of hydrogen-bond acceptors (Lipinski definition) is 3. The van der Waals surface area contributed by atoms with E-state index in [1.54, 1.807) is 21.1 Å². The first-order chi connectivity index (χ1) is 12.6. The smallest absolute Gasteiger partial charge is 0.243 e. The van der Waals surface area contributed by atoms with Crippen molar-refractivity contribution in [3.8, 4) is 0 Å². The van der Waals surface area contributed by atoms with Gasteiger partial charge >= 0.3 is 0 Å². The van der Waals surface area contributed by atoms with Gasteiger partial charge in [0.2, 0.25) is 11.8 Å². The zero-order chi connectivity index (χ0) is 18.1. The number of benzene rings is 2. The summed E-state index contributed by atoms with van der Waals surface area (Å²) in [5.41, 5.74) is 1.000. The van der Waals surface area contributed by atoms with Crippen molar-refractivity contribution in [1.82, 2.24) is 9.80 Å². The molecule has 1 aliphatic rings. The predicted molar refractivity (Wildman–Crippen MR) is 103 cm³/mol. The molecule has 26 heavy (non-hydrogen) atoms. The Bertz CT molecular complexity index is 970. The van der Waals surface area contributed by atoms with Gasteiger partial charge in [-0.2, -0.15) is 0 Å². The summed E-state index contributed by atoms with van der Waals surface area (Å²) in [4.78, 5) is 29.3. The zero-order valence-electron chi connectivity index (χ0n) is 13.9. The van der Waals surface area contributed by atoms with Gasteiger partial charge in [0.05, 0.1) is 6.54 Å². The molecule has 4 nitrogen and oxygen atoms in total. The Morgan fingerprint density at radius 1 is 0.962 bits per heavy atom. The van der Waals surface area contributed by atoms with Crippen molar-refractivity contribution in [3.63, 3.8) is 0 Å². The van der Waals surface area contributed by atoms with Gasteiger partial charge in [-0.3, -0.25) is 9.59 Å². The third-order valence-corrected chi connectivity index (χ3v) is 5.72. The van der Waals surface area contributed by atoms with Crippen molar-refractivity contribution in [1.29, 1.82) is 0 Å². The van der Waals surface area contributed by atoms with E-state index in [0.717, 1.165) is 20.5 Å². The van der Waals surface area contributed by atoms with Crippen LogP contribution in [0.15, 0.2) is 48.5 Å². The Morgan fingerprint density at radius 3 is 2.38 bits per heavy atom. The topological polar surface area (TPSA) is 40.6 Å². The second kappa shape index (κ2) is 7.09. The monoisotopic (exact) mass is 383 g/mol. The van der Waals surface area contributed by atoms with Gasteiger partial charge in [-0.15, -0.1) is 11.3 Å². The summed E-state index contributed by atoms with van der Waals surface area (Å²) in [6, 6.07) is 18.2. The van der Waals surface area contributed by atoms with Crippen LogP contribution in [0.2, 0.25) is 5.02 Å². The van der Waals surface area contributed by atoms with Crippen LogP contribution < -0.4 is 0 Å². The van der Waals surface area contributed by atoms with E-state index in [1.165, 1.54) is 0 Å². The number of fused-ring (bicyclic) bond motifs is 1. The maximum atomic E-state index is 12.5. The highest BCUT2D eigenvalue weighted by Gasteiger charge is 2.30. The molecule has 1 saturated heterocycles. The van der Waals surface area contributed by atoms with Gasteiger partial charge in [-0.05, 0) is 35.2 Å². The summed E-state index contributed by atoms with van der Waals surface area (Å²) in [5.74, 6) is -0.0517. The van der Waals surface area contributed by atoms with Gasteiger partial charge in [-0.25, -0.2) is 0 Å². The van der Waals surface area contributed by atoms with Crippen LogP contribution in [0.25, 0.3) is 10.1 Å². The number of hydrogen-bond donors (Lipinski definition) is 0. The molecule has 0 unspecified atom stereocenters. The Hall–Kier alpha value is -2.37. The van der Waals surface area contributed by atoms with Crippen LogP contribution in [-0.4, -0.2) is 34.7 Å². The predicted octanol–water partition coefficient (Wildman–Crippen LogP) is 3.73. The van der Waals surface area contributed by atoms with Gasteiger partial charge in [0.25, 0.3) is 0 Å². The molecule has 2 heterocycles. The maximum Gasteiger partial charge on any atom is 0.243 e. The molecule has 2 amide bonds. The number of nitrogens with zero attached hydrogens (tertiary/aromatic N) is 2. The second-order valence-corrected chi connectivity index (χ2v) is 7.91. The van der Waals surface area contributed by atoms with Crippen LogP contribution in [0, 0.1) is 6.07 Å². The molecule has 6 heteroatoms. The second-order valence-electron chi connectivity index (χ2n) is 6.30.